The lowest BCUT2D eigenvalue weighted by Gasteiger charge is -2.30. The number of carbonyl (C=O) groups is 1. The van der Waals surface area contributed by atoms with E-state index in [1.807, 2.05) is 13.8 Å². The van der Waals surface area contributed by atoms with Crippen molar-refractivity contribution in [2.75, 3.05) is 19.7 Å². The molecule has 1 saturated heterocycles. The Morgan fingerprint density at radius 3 is 2.53 bits per heavy atom. The maximum atomic E-state index is 13.1. The van der Waals surface area contributed by atoms with Crippen LogP contribution in [0.1, 0.15) is 45.1 Å². The Hall–Kier alpha value is -1.93. The van der Waals surface area contributed by atoms with Crippen molar-refractivity contribution in [3.63, 3.8) is 0 Å². The highest BCUT2D eigenvalue weighted by atomic mass is 35.5. The molecule has 0 spiro atoms. The number of rotatable bonds is 7. The van der Waals surface area contributed by atoms with Gasteiger partial charge in [0, 0.05) is 5.56 Å². The summed E-state index contributed by atoms with van der Waals surface area (Å²) in [6.45, 7) is 2.96. The van der Waals surface area contributed by atoms with E-state index in [4.69, 9.17) is 4.74 Å². The van der Waals surface area contributed by atoms with Crippen molar-refractivity contribution >= 4 is 24.0 Å². The number of amides is 1. The molecule has 0 bridgehead atoms. The minimum absolute atomic E-state index is 0. The van der Waals surface area contributed by atoms with Crippen LogP contribution in [0, 0.1) is 11.3 Å². The van der Waals surface area contributed by atoms with Crippen LogP contribution in [0.4, 0.5) is 8.78 Å². The molecule has 1 aliphatic carbocycles. The van der Waals surface area contributed by atoms with Gasteiger partial charge in [0.15, 0.2) is 11.5 Å². The van der Waals surface area contributed by atoms with Crippen LogP contribution in [-0.2, 0) is 4.79 Å². The summed E-state index contributed by atoms with van der Waals surface area (Å²) in [4.78, 5) is 13.1. The molecule has 2 heterocycles. The Bertz CT molecular complexity index is 809. The Morgan fingerprint density at radius 1 is 1.20 bits per heavy atom. The van der Waals surface area contributed by atoms with E-state index >= 15 is 0 Å². The Balaban J connectivity index is 0.00000256. The van der Waals surface area contributed by atoms with Gasteiger partial charge in [0.2, 0.25) is 0 Å². The van der Waals surface area contributed by atoms with Crippen molar-refractivity contribution in [1.82, 2.24) is 10.3 Å². The van der Waals surface area contributed by atoms with Crippen molar-refractivity contribution in [3.05, 3.63) is 23.8 Å². The molecular weight excluding hydrogens is 416 g/mol. The largest absolute Gasteiger partial charge is 0.489 e. The highest BCUT2D eigenvalue weighted by Crippen LogP contribution is 2.38. The molecule has 1 aromatic rings. The minimum Gasteiger partial charge on any atom is -0.489 e. The van der Waals surface area contributed by atoms with Gasteiger partial charge in [-0.25, -0.2) is 5.01 Å². The summed E-state index contributed by atoms with van der Waals surface area (Å²) in [5.74, 6) is 0.700. The van der Waals surface area contributed by atoms with Gasteiger partial charge in [-0.3, -0.25) is 4.79 Å². The number of carbonyl (C=O) groups excluding carboxylic acids is 1. The van der Waals surface area contributed by atoms with Crippen LogP contribution in [0.3, 0.4) is 0 Å². The van der Waals surface area contributed by atoms with Crippen molar-refractivity contribution in [2.45, 2.75) is 52.2 Å². The maximum Gasteiger partial charge on any atom is 0.387 e. The lowest BCUT2D eigenvalue weighted by Crippen LogP contribution is -2.44. The number of benzene rings is 1. The first-order valence-electron chi connectivity index (χ1n) is 10.2. The zero-order valence-electron chi connectivity index (χ0n) is 17.2. The molecule has 9 heteroatoms. The number of nitrogens with zero attached hydrogens (tertiary/aromatic N) is 2. The van der Waals surface area contributed by atoms with Gasteiger partial charge in [-0.1, -0.05) is 0 Å². The van der Waals surface area contributed by atoms with E-state index in [9.17, 15) is 13.6 Å². The first-order valence-corrected chi connectivity index (χ1v) is 10.2. The van der Waals surface area contributed by atoms with Gasteiger partial charge in [-0.15, -0.1) is 12.4 Å². The summed E-state index contributed by atoms with van der Waals surface area (Å²) in [5, 5.41) is 9.59. The highest BCUT2D eigenvalue weighted by Gasteiger charge is 2.46. The molecular formula is C21H28ClF2N3O3. The van der Waals surface area contributed by atoms with E-state index in [2.05, 4.69) is 15.2 Å². The lowest BCUT2D eigenvalue weighted by molar-refractivity contribution is -0.137. The predicted octanol–water partition coefficient (Wildman–Crippen LogP) is 3.82. The fraction of sp³-hybridized carbons (Fsp3) is 0.619. The van der Waals surface area contributed by atoms with E-state index in [0.29, 0.717) is 23.8 Å². The third-order valence-electron chi connectivity index (χ3n) is 5.80. The molecule has 0 atom stereocenters. The number of hydrazone groups is 1. The molecule has 2 aliphatic heterocycles. The second-order valence-corrected chi connectivity index (χ2v) is 8.50. The smallest absolute Gasteiger partial charge is 0.387 e. The van der Waals surface area contributed by atoms with E-state index in [0.717, 1.165) is 38.8 Å². The van der Waals surface area contributed by atoms with Crippen LogP contribution >= 0.6 is 12.4 Å². The Labute approximate surface area is 181 Å². The molecule has 1 aromatic carbocycles. The third-order valence-corrected chi connectivity index (χ3v) is 5.80. The van der Waals surface area contributed by atoms with Crippen molar-refractivity contribution in [2.24, 2.45) is 16.4 Å². The monoisotopic (exact) mass is 443 g/mol. The van der Waals surface area contributed by atoms with Crippen LogP contribution in [0.15, 0.2) is 23.3 Å². The first-order chi connectivity index (χ1) is 13.9. The molecule has 1 N–H and O–H groups in total. The van der Waals surface area contributed by atoms with Gasteiger partial charge in [-0.2, -0.15) is 13.9 Å². The number of ether oxygens (including phenoxy) is 2. The summed E-state index contributed by atoms with van der Waals surface area (Å²) in [7, 11) is 0. The molecule has 1 saturated carbocycles. The van der Waals surface area contributed by atoms with Crippen LogP contribution in [0.25, 0.3) is 0 Å². The summed E-state index contributed by atoms with van der Waals surface area (Å²) in [5.41, 5.74) is 0.511. The molecule has 0 unspecified atom stereocenters. The second kappa shape index (κ2) is 9.06. The number of hydrogen-bond acceptors (Lipinski definition) is 5. The molecule has 4 rings (SSSR count). The molecule has 0 aromatic heterocycles. The van der Waals surface area contributed by atoms with Crippen LogP contribution in [-0.4, -0.2) is 49.0 Å². The molecule has 0 radical (unpaired) electrons. The van der Waals surface area contributed by atoms with E-state index < -0.39 is 12.0 Å². The van der Waals surface area contributed by atoms with Gasteiger partial charge < -0.3 is 14.8 Å². The SMILES string of the molecule is CC1(C)C(=O)N(C2CCNCC2)N=C1c1ccc(OC(F)F)c(OCC2CC2)c1.Cl. The topological polar surface area (TPSA) is 63.2 Å². The minimum atomic E-state index is -2.93. The van der Waals surface area contributed by atoms with E-state index in [-0.39, 0.29) is 35.9 Å². The number of piperidine rings is 1. The number of hydrogen-bond donors (Lipinski definition) is 1. The van der Waals surface area contributed by atoms with Gasteiger partial charge in [0.1, 0.15) is 0 Å². The lowest BCUT2D eigenvalue weighted by atomic mass is 9.83. The average molecular weight is 444 g/mol. The molecule has 30 heavy (non-hydrogen) atoms. The summed E-state index contributed by atoms with van der Waals surface area (Å²) in [6, 6.07) is 4.88. The van der Waals surface area contributed by atoms with Gasteiger partial charge in [-0.05, 0) is 76.7 Å². The number of nitrogens with one attached hydrogen (secondary N) is 1. The van der Waals surface area contributed by atoms with Crippen LogP contribution in [0.2, 0.25) is 0 Å². The Morgan fingerprint density at radius 2 is 1.90 bits per heavy atom. The highest BCUT2D eigenvalue weighted by molar-refractivity contribution is 6.19. The molecule has 166 valence electrons. The summed E-state index contributed by atoms with van der Waals surface area (Å²) < 4.78 is 36.0. The van der Waals surface area contributed by atoms with E-state index in [1.165, 1.54) is 6.07 Å². The normalized spacial score (nSPS) is 21.4. The Kier molecular flexibility index (Phi) is 6.87. The molecule has 2 fully saturated rings. The summed E-state index contributed by atoms with van der Waals surface area (Å²) >= 11 is 0. The van der Waals surface area contributed by atoms with Gasteiger partial charge in [0.05, 0.1) is 23.8 Å². The van der Waals surface area contributed by atoms with Crippen molar-refractivity contribution in [3.8, 4) is 11.5 Å². The maximum absolute atomic E-state index is 13.1. The molecule has 1 amide bonds. The van der Waals surface area contributed by atoms with Gasteiger partial charge in [0.25, 0.3) is 5.91 Å². The quantitative estimate of drug-likeness (QED) is 0.695. The fourth-order valence-electron chi connectivity index (χ4n) is 3.84. The number of alkyl halides is 2. The summed E-state index contributed by atoms with van der Waals surface area (Å²) in [6.07, 6.45) is 3.89. The second-order valence-electron chi connectivity index (χ2n) is 8.50. The molecule has 6 nitrogen and oxygen atoms in total. The molecule has 3 aliphatic rings. The number of halogens is 3. The van der Waals surface area contributed by atoms with E-state index in [1.54, 1.807) is 17.1 Å². The zero-order valence-corrected chi connectivity index (χ0v) is 18.0. The van der Waals surface area contributed by atoms with Crippen molar-refractivity contribution in [1.29, 1.82) is 0 Å². The van der Waals surface area contributed by atoms with Crippen molar-refractivity contribution < 1.29 is 23.0 Å². The van der Waals surface area contributed by atoms with Gasteiger partial charge >= 0.3 is 6.61 Å². The van der Waals surface area contributed by atoms with Crippen LogP contribution in [0.5, 0.6) is 11.5 Å². The zero-order chi connectivity index (χ0) is 20.6. The van der Waals surface area contributed by atoms with Crippen LogP contribution < -0.4 is 14.8 Å². The fourth-order valence-corrected chi connectivity index (χ4v) is 3.84. The standard InChI is InChI=1S/C21H27F2N3O3.ClH/c1-21(2)18(25-26(19(21)27)15-7-9-24-10-8-15)14-5-6-16(29-20(22)23)17(11-14)28-12-13-3-4-13;/h5-6,11,13,15,20,24H,3-4,7-10,12H2,1-2H3;1H. The third kappa shape index (κ3) is 4.70. The first kappa shape index (κ1) is 22.7. The average Bonchev–Trinajstić information content (AvgIpc) is 3.48. The predicted molar refractivity (Wildman–Crippen MR) is 112 cm³/mol.